The molecule has 0 aliphatic carbocycles. The van der Waals surface area contributed by atoms with Gasteiger partial charge in [0.15, 0.2) is 0 Å². The number of anilines is 2. The van der Waals surface area contributed by atoms with E-state index in [1.165, 1.54) is 12.8 Å². The van der Waals surface area contributed by atoms with Crippen LogP contribution in [0.5, 0.6) is 0 Å². The summed E-state index contributed by atoms with van der Waals surface area (Å²) in [6.07, 6.45) is 4.17. The zero-order valence-corrected chi connectivity index (χ0v) is 27.4. The number of piperidine rings is 2. The second kappa shape index (κ2) is 14.8. The third kappa shape index (κ3) is 9.23. The van der Waals surface area contributed by atoms with E-state index in [0.29, 0.717) is 11.9 Å². The highest BCUT2D eigenvalue weighted by Crippen LogP contribution is 2.22. The average molecular weight is 613 g/mol. The maximum atomic E-state index is 12.1. The first-order valence-electron chi connectivity index (χ1n) is 16.3. The second-order valence-electron chi connectivity index (χ2n) is 13.2. The molecule has 2 aromatic heterocycles. The van der Waals surface area contributed by atoms with Crippen LogP contribution in [0.15, 0.2) is 48.5 Å². The number of amides is 1. The Labute approximate surface area is 266 Å². The van der Waals surface area contributed by atoms with Gasteiger partial charge in [0, 0.05) is 37.0 Å². The molecule has 2 saturated heterocycles. The van der Waals surface area contributed by atoms with Gasteiger partial charge in [-0.05, 0) is 97.4 Å². The van der Waals surface area contributed by atoms with E-state index in [1.807, 2.05) is 77.1 Å². The summed E-state index contributed by atoms with van der Waals surface area (Å²) in [5.74, 6) is 2.67. The van der Waals surface area contributed by atoms with Gasteiger partial charge in [-0.1, -0.05) is 36.4 Å². The smallest absolute Gasteiger partial charge is 0.410 e. The van der Waals surface area contributed by atoms with Crippen LogP contribution in [0, 0.1) is 25.7 Å². The molecule has 2 fully saturated rings. The van der Waals surface area contributed by atoms with Crippen LogP contribution in [0.4, 0.5) is 16.7 Å². The number of likely N-dealkylation sites (tertiary alicyclic amines) is 1. The molecule has 4 heterocycles. The van der Waals surface area contributed by atoms with Gasteiger partial charge in [-0.15, -0.1) is 0 Å². The SMILES string of the molecule is Cc1nc(NCC2CCN(C(=O)OC(C)(C)C)CC2)nc2ccccc12.Cc1nc(NCC2CCNCC2)nc2ccccc12. The lowest BCUT2D eigenvalue weighted by atomic mass is 9.97. The number of carbonyl (C=O) groups excluding carboxylic acids is 1. The third-order valence-corrected chi connectivity index (χ3v) is 8.41. The van der Waals surface area contributed by atoms with Crippen LogP contribution in [0.3, 0.4) is 0 Å². The summed E-state index contributed by atoms with van der Waals surface area (Å²) < 4.78 is 5.45. The van der Waals surface area contributed by atoms with Crippen molar-refractivity contribution in [3.05, 3.63) is 59.9 Å². The van der Waals surface area contributed by atoms with Crippen molar-refractivity contribution in [1.82, 2.24) is 30.2 Å². The van der Waals surface area contributed by atoms with Crippen molar-refractivity contribution in [1.29, 1.82) is 0 Å². The van der Waals surface area contributed by atoms with Crippen LogP contribution in [0.25, 0.3) is 21.8 Å². The lowest BCUT2D eigenvalue weighted by Gasteiger charge is -2.33. The van der Waals surface area contributed by atoms with E-state index in [0.717, 1.165) is 97.2 Å². The number of benzene rings is 2. The maximum absolute atomic E-state index is 12.1. The van der Waals surface area contributed by atoms with Gasteiger partial charge < -0.3 is 25.6 Å². The van der Waals surface area contributed by atoms with Gasteiger partial charge in [0.25, 0.3) is 0 Å². The van der Waals surface area contributed by atoms with E-state index >= 15 is 0 Å². The number of aromatic nitrogens is 4. The first-order valence-corrected chi connectivity index (χ1v) is 16.3. The monoisotopic (exact) mass is 612 g/mol. The standard InChI is InChI=1S/C20H28N4O2.C15H20N4/c1-14-16-7-5-6-8-17(16)23-18(22-14)21-13-15-9-11-24(12-10-15)19(25)26-20(2,3)4;1-11-13-4-2-3-5-14(13)19-15(18-11)17-10-12-6-8-16-9-7-12/h5-8,15H,9-13H2,1-4H3,(H,21,22,23);2-5,12,16H,6-10H2,1H3,(H,17,18,19). The van der Waals surface area contributed by atoms with Gasteiger partial charge in [0.1, 0.15) is 5.60 Å². The molecule has 1 amide bonds. The van der Waals surface area contributed by atoms with Crippen molar-refractivity contribution in [2.45, 2.75) is 65.9 Å². The zero-order chi connectivity index (χ0) is 31.8. The summed E-state index contributed by atoms with van der Waals surface area (Å²) in [5.41, 5.74) is 3.56. The van der Waals surface area contributed by atoms with Gasteiger partial charge >= 0.3 is 6.09 Å². The van der Waals surface area contributed by atoms with E-state index in [2.05, 4.69) is 42.0 Å². The quantitative estimate of drug-likeness (QED) is 0.229. The lowest BCUT2D eigenvalue weighted by molar-refractivity contribution is 0.0188. The highest BCUT2D eigenvalue weighted by molar-refractivity contribution is 5.82. The van der Waals surface area contributed by atoms with Crippen LogP contribution in [0.1, 0.15) is 57.8 Å². The molecule has 3 N–H and O–H groups in total. The van der Waals surface area contributed by atoms with Gasteiger partial charge in [-0.3, -0.25) is 0 Å². The topological polar surface area (TPSA) is 117 Å². The Morgan fingerprint density at radius 3 is 1.73 bits per heavy atom. The number of nitrogens with one attached hydrogen (secondary N) is 3. The Balaban J connectivity index is 0.000000186. The Hall–Kier alpha value is -4.05. The van der Waals surface area contributed by atoms with Gasteiger partial charge in [-0.25, -0.2) is 24.7 Å². The zero-order valence-electron chi connectivity index (χ0n) is 27.4. The molecule has 6 rings (SSSR count). The van der Waals surface area contributed by atoms with Crippen LogP contribution >= 0.6 is 0 Å². The lowest BCUT2D eigenvalue weighted by Crippen LogP contribution is -2.42. The number of hydrogen-bond donors (Lipinski definition) is 3. The molecular formula is C35H48N8O2. The van der Waals surface area contributed by atoms with E-state index < -0.39 is 5.60 Å². The molecule has 45 heavy (non-hydrogen) atoms. The Morgan fingerprint density at radius 2 is 1.24 bits per heavy atom. The molecule has 0 saturated carbocycles. The number of ether oxygens (including phenoxy) is 1. The molecular weight excluding hydrogens is 564 g/mol. The summed E-state index contributed by atoms with van der Waals surface area (Å²) >= 11 is 0. The Kier molecular flexibility index (Phi) is 10.7. The fourth-order valence-corrected chi connectivity index (χ4v) is 5.83. The molecule has 0 atom stereocenters. The van der Waals surface area contributed by atoms with E-state index in [-0.39, 0.29) is 6.09 Å². The molecule has 2 aliphatic heterocycles. The van der Waals surface area contributed by atoms with Crippen molar-refractivity contribution >= 4 is 39.8 Å². The molecule has 0 spiro atoms. The number of carbonyl (C=O) groups is 1. The van der Waals surface area contributed by atoms with Gasteiger partial charge in [-0.2, -0.15) is 0 Å². The van der Waals surface area contributed by atoms with E-state index in [1.54, 1.807) is 4.90 Å². The summed E-state index contributed by atoms with van der Waals surface area (Å²) in [7, 11) is 0. The fraction of sp³-hybridized carbons (Fsp3) is 0.514. The number of fused-ring (bicyclic) bond motifs is 2. The molecule has 0 unspecified atom stereocenters. The molecule has 2 aromatic carbocycles. The highest BCUT2D eigenvalue weighted by Gasteiger charge is 2.27. The Bertz CT molecular complexity index is 1570. The molecule has 0 bridgehead atoms. The summed E-state index contributed by atoms with van der Waals surface area (Å²) in [4.78, 5) is 32.2. The third-order valence-electron chi connectivity index (χ3n) is 8.41. The molecule has 10 nitrogen and oxygen atoms in total. The van der Waals surface area contributed by atoms with Crippen molar-refractivity contribution in [3.63, 3.8) is 0 Å². The summed E-state index contributed by atoms with van der Waals surface area (Å²) in [6, 6.07) is 16.2. The summed E-state index contributed by atoms with van der Waals surface area (Å²) in [5, 5.41) is 12.4. The molecule has 0 radical (unpaired) electrons. The van der Waals surface area contributed by atoms with Crippen molar-refractivity contribution < 1.29 is 9.53 Å². The van der Waals surface area contributed by atoms with Gasteiger partial charge in [0.05, 0.1) is 22.4 Å². The van der Waals surface area contributed by atoms with Crippen LogP contribution in [-0.4, -0.2) is 75.8 Å². The first-order chi connectivity index (χ1) is 21.6. The minimum atomic E-state index is -0.444. The van der Waals surface area contributed by atoms with Crippen LogP contribution < -0.4 is 16.0 Å². The van der Waals surface area contributed by atoms with Crippen molar-refractivity contribution in [3.8, 4) is 0 Å². The van der Waals surface area contributed by atoms with E-state index in [4.69, 9.17) is 4.74 Å². The summed E-state index contributed by atoms with van der Waals surface area (Å²) in [6.45, 7) is 15.3. The second-order valence-corrected chi connectivity index (χ2v) is 13.2. The van der Waals surface area contributed by atoms with E-state index in [9.17, 15) is 4.79 Å². The van der Waals surface area contributed by atoms with Crippen LogP contribution in [-0.2, 0) is 4.74 Å². The number of para-hydroxylation sites is 2. The molecule has 2 aliphatic rings. The predicted molar refractivity (Wildman–Crippen MR) is 182 cm³/mol. The predicted octanol–water partition coefficient (Wildman–Crippen LogP) is 6.35. The first kappa shape index (κ1) is 32.3. The maximum Gasteiger partial charge on any atom is 0.410 e. The van der Waals surface area contributed by atoms with Crippen LogP contribution in [0.2, 0.25) is 0 Å². The largest absolute Gasteiger partial charge is 0.444 e. The minimum Gasteiger partial charge on any atom is -0.444 e. The molecule has 240 valence electrons. The number of nitrogens with zero attached hydrogens (tertiary/aromatic N) is 5. The molecule has 4 aromatic rings. The van der Waals surface area contributed by atoms with Crippen molar-refractivity contribution in [2.75, 3.05) is 49.9 Å². The highest BCUT2D eigenvalue weighted by atomic mass is 16.6. The minimum absolute atomic E-state index is 0.211. The number of rotatable bonds is 6. The van der Waals surface area contributed by atoms with Crippen molar-refractivity contribution in [2.24, 2.45) is 11.8 Å². The Morgan fingerprint density at radius 1 is 0.778 bits per heavy atom. The fourth-order valence-electron chi connectivity index (χ4n) is 5.83. The normalized spacial score (nSPS) is 16.2. The number of hydrogen-bond acceptors (Lipinski definition) is 9. The average Bonchev–Trinajstić information content (AvgIpc) is 3.03. The van der Waals surface area contributed by atoms with Gasteiger partial charge in [0.2, 0.25) is 11.9 Å². The molecule has 10 heteroatoms. The number of aryl methyl sites for hydroxylation is 2.